The summed E-state index contributed by atoms with van der Waals surface area (Å²) in [4.78, 5) is 0. The average Bonchev–Trinajstić information content (AvgIpc) is 3.05. The number of rotatable bonds is 6. The minimum absolute atomic E-state index is 0.0721. The highest BCUT2D eigenvalue weighted by molar-refractivity contribution is 7.99. The SMILES string of the molecule is Cc1[nH]nc(S(=O)(=O)N(C)C2CCSC2)c1CNC(C)C. The van der Waals surface area contributed by atoms with E-state index in [-0.39, 0.29) is 11.1 Å². The van der Waals surface area contributed by atoms with Crippen molar-refractivity contribution < 1.29 is 8.42 Å². The number of thioether (sulfide) groups is 1. The zero-order chi connectivity index (χ0) is 15.6. The van der Waals surface area contributed by atoms with Gasteiger partial charge in [0.05, 0.1) is 0 Å². The number of sulfonamides is 1. The first-order valence-electron chi connectivity index (χ1n) is 7.17. The summed E-state index contributed by atoms with van der Waals surface area (Å²) >= 11 is 1.80. The van der Waals surface area contributed by atoms with Crippen molar-refractivity contribution in [3.05, 3.63) is 11.3 Å². The molecule has 2 rings (SSSR count). The summed E-state index contributed by atoms with van der Waals surface area (Å²) in [5.41, 5.74) is 1.54. The van der Waals surface area contributed by atoms with Gasteiger partial charge in [0.15, 0.2) is 5.03 Å². The fourth-order valence-electron chi connectivity index (χ4n) is 2.30. The van der Waals surface area contributed by atoms with Gasteiger partial charge in [-0.3, -0.25) is 5.10 Å². The van der Waals surface area contributed by atoms with Crippen LogP contribution in [0.3, 0.4) is 0 Å². The molecule has 0 aromatic carbocycles. The van der Waals surface area contributed by atoms with Gasteiger partial charge in [0.1, 0.15) is 0 Å². The van der Waals surface area contributed by atoms with Crippen molar-refractivity contribution in [1.82, 2.24) is 19.8 Å². The van der Waals surface area contributed by atoms with Crippen LogP contribution in [0.15, 0.2) is 5.03 Å². The molecule has 0 bridgehead atoms. The molecule has 120 valence electrons. The highest BCUT2D eigenvalue weighted by atomic mass is 32.2. The van der Waals surface area contributed by atoms with Crippen molar-refractivity contribution in [1.29, 1.82) is 0 Å². The van der Waals surface area contributed by atoms with Crippen LogP contribution < -0.4 is 5.32 Å². The lowest BCUT2D eigenvalue weighted by molar-refractivity contribution is 0.392. The number of hydrogen-bond acceptors (Lipinski definition) is 5. The van der Waals surface area contributed by atoms with E-state index in [1.807, 2.05) is 20.8 Å². The lowest BCUT2D eigenvalue weighted by atomic mass is 10.2. The third-order valence-corrected chi connectivity index (χ3v) is 6.79. The number of aromatic nitrogens is 2. The monoisotopic (exact) mass is 332 g/mol. The fourth-order valence-corrected chi connectivity index (χ4v) is 5.20. The van der Waals surface area contributed by atoms with E-state index < -0.39 is 10.0 Å². The van der Waals surface area contributed by atoms with E-state index in [0.717, 1.165) is 29.2 Å². The highest BCUT2D eigenvalue weighted by Crippen LogP contribution is 2.27. The Kier molecular flexibility index (Phi) is 5.34. The van der Waals surface area contributed by atoms with Crippen molar-refractivity contribution in [2.45, 2.75) is 50.8 Å². The second-order valence-electron chi connectivity index (χ2n) is 5.71. The van der Waals surface area contributed by atoms with E-state index in [1.54, 1.807) is 18.8 Å². The third kappa shape index (κ3) is 3.61. The van der Waals surface area contributed by atoms with Crippen molar-refractivity contribution >= 4 is 21.8 Å². The van der Waals surface area contributed by atoms with Gasteiger partial charge in [0.25, 0.3) is 10.0 Å². The van der Waals surface area contributed by atoms with Crippen LogP contribution in [-0.2, 0) is 16.6 Å². The molecule has 1 saturated heterocycles. The van der Waals surface area contributed by atoms with E-state index in [4.69, 9.17) is 0 Å². The summed E-state index contributed by atoms with van der Waals surface area (Å²) in [7, 11) is -1.88. The lowest BCUT2D eigenvalue weighted by Crippen LogP contribution is -2.37. The Morgan fingerprint density at radius 2 is 2.24 bits per heavy atom. The van der Waals surface area contributed by atoms with E-state index in [9.17, 15) is 8.42 Å². The van der Waals surface area contributed by atoms with Gasteiger partial charge in [0.2, 0.25) is 0 Å². The van der Waals surface area contributed by atoms with Crippen molar-refractivity contribution in [3.63, 3.8) is 0 Å². The third-order valence-electron chi connectivity index (χ3n) is 3.77. The molecule has 6 nitrogen and oxygen atoms in total. The second kappa shape index (κ2) is 6.68. The maximum Gasteiger partial charge on any atom is 0.262 e. The molecule has 1 aromatic heterocycles. The Balaban J connectivity index is 2.27. The molecule has 2 heterocycles. The van der Waals surface area contributed by atoms with Gasteiger partial charge in [-0.1, -0.05) is 13.8 Å². The molecule has 0 radical (unpaired) electrons. The Morgan fingerprint density at radius 1 is 1.52 bits per heavy atom. The zero-order valence-electron chi connectivity index (χ0n) is 13.0. The van der Waals surface area contributed by atoms with Gasteiger partial charge in [-0.2, -0.15) is 21.2 Å². The maximum atomic E-state index is 12.8. The quantitative estimate of drug-likeness (QED) is 0.822. The summed E-state index contributed by atoms with van der Waals surface area (Å²) in [5, 5.41) is 10.3. The smallest absolute Gasteiger partial charge is 0.262 e. The first-order chi connectivity index (χ1) is 9.84. The van der Waals surface area contributed by atoms with E-state index in [0.29, 0.717) is 12.6 Å². The van der Waals surface area contributed by atoms with Crippen LogP contribution >= 0.6 is 11.8 Å². The number of aryl methyl sites for hydroxylation is 1. The maximum absolute atomic E-state index is 12.8. The number of aromatic amines is 1. The Hall–Kier alpha value is -0.570. The van der Waals surface area contributed by atoms with Crippen molar-refractivity contribution in [2.75, 3.05) is 18.6 Å². The summed E-state index contributed by atoms with van der Waals surface area (Å²) in [5.74, 6) is 1.88. The normalized spacial score (nSPS) is 19.8. The summed E-state index contributed by atoms with van der Waals surface area (Å²) in [6.07, 6.45) is 0.906. The van der Waals surface area contributed by atoms with Crippen LogP contribution in [0.1, 0.15) is 31.5 Å². The Labute approximate surface area is 131 Å². The van der Waals surface area contributed by atoms with Crippen LogP contribution in [0.5, 0.6) is 0 Å². The molecular weight excluding hydrogens is 308 g/mol. The molecule has 0 aliphatic carbocycles. The summed E-state index contributed by atoms with van der Waals surface area (Å²) in [6, 6.07) is 0.363. The molecule has 21 heavy (non-hydrogen) atoms. The van der Waals surface area contributed by atoms with Crippen LogP contribution in [0.2, 0.25) is 0 Å². The largest absolute Gasteiger partial charge is 0.310 e. The molecule has 1 aliphatic heterocycles. The van der Waals surface area contributed by atoms with Crippen LogP contribution in [0.4, 0.5) is 0 Å². The minimum atomic E-state index is -3.54. The van der Waals surface area contributed by atoms with E-state index in [2.05, 4.69) is 15.5 Å². The van der Waals surface area contributed by atoms with Gasteiger partial charge in [-0.15, -0.1) is 0 Å². The topological polar surface area (TPSA) is 78.1 Å². The lowest BCUT2D eigenvalue weighted by Gasteiger charge is -2.22. The number of nitrogens with zero attached hydrogens (tertiary/aromatic N) is 2. The number of nitrogens with one attached hydrogen (secondary N) is 2. The predicted molar refractivity (Wildman–Crippen MR) is 86.0 cm³/mol. The van der Waals surface area contributed by atoms with Crippen LogP contribution in [0, 0.1) is 6.92 Å². The standard InChI is InChI=1S/C13H24N4O2S2/c1-9(2)14-7-12-10(3)15-16-13(12)21(18,19)17(4)11-5-6-20-8-11/h9,11,14H,5-8H2,1-4H3,(H,15,16). The second-order valence-corrected chi connectivity index (χ2v) is 8.77. The van der Waals surface area contributed by atoms with Gasteiger partial charge in [-0.05, 0) is 19.1 Å². The number of hydrogen-bond donors (Lipinski definition) is 2. The predicted octanol–water partition coefficient (Wildman–Crippen LogP) is 1.34. The Morgan fingerprint density at radius 3 is 2.81 bits per heavy atom. The molecule has 1 aliphatic rings. The summed E-state index contributed by atoms with van der Waals surface area (Å²) < 4.78 is 27.1. The molecule has 1 fully saturated rings. The van der Waals surface area contributed by atoms with Crippen LogP contribution in [-0.4, -0.2) is 53.6 Å². The van der Waals surface area contributed by atoms with Gasteiger partial charge < -0.3 is 5.32 Å². The fraction of sp³-hybridized carbons (Fsp3) is 0.769. The molecule has 0 saturated carbocycles. The van der Waals surface area contributed by atoms with E-state index in [1.165, 1.54) is 4.31 Å². The van der Waals surface area contributed by atoms with Gasteiger partial charge in [-0.25, -0.2) is 8.42 Å². The molecule has 0 amide bonds. The molecule has 8 heteroatoms. The Bertz CT molecular complexity index is 577. The number of H-pyrrole nitrogens is 1. The highest BCUT2D eigenvalue weighted by Gasteiger charge is 2.34. The molecular formula is C13H24N4O2S2. The summed E-state index contributed by atoms with van der Waals surface area (Å²) in [6.45, 7) is 6.42. The van der Waals surface area contributed by atoms with Crippen LogP contribution in [0.25, 0.3) is 0 Å². The molecule has 2 N–H and O–H groups in total. The minimum Gasteiger partial charge on any atom is -0.310 e. The first-order valence-corrected chi connectivity index (χ1v) is 9.76. The van der Waals surface area contributed by atoms with Crippen molar-refractivity contribution in [3.8, 4) is 0 Å². The zero-order valence-corrected chi connectivity index (χ0v) is 14.6. The average molecular weight is 332 g/mol. The van der Waals surface area contributed by atoms with Gasteiger partial charge >= 0.3 is 0 Å². The molecule has 1 aromatic rings. The molecule has 0 spiro atoms. The van der Waals surface area contributed by atoms with Crippen molar-refractivity contribution in [2.24, 2.45) is 0 Å². The van der Waals surface area contributed by atoms with E-state index >= 15 is 0 Å². The molecule has 1 unspecified atom stereocenters. The molecule has 1 atom stereocenters. The van der Waals surface area contributed by atoms with Gasteiger partial charge in [0, 0.05) is 42.7 Å². The first kappa shape index (κ1) is 16.8.